The lowest BCUT2D eigenvalue weighted by Gasteiger charge is -2.20. The molecule has 3 rings (SSSR count). The minimum Gasteiger partial charge on any atom is -0.467 e. The predicted molar refractivity (Wildman–Crippen MR) is 93.7 cm³/mol. The Morgan fingerprint density at radius 1 is 1.30 bits per heavy atom. The van der Waals surface area contributed by atoms with Crippen molar-refractivity contribution in [3.63, 3.8) is 0 Å². The maximum absolute atomic E-state index is 12.7. The molecule has 4 nitrogen and oxygen atoms in total. The number of nitrogens with zero attached hydrogens (tertiary/aromatic N) is 2. The van der Waals surface area contributed by atoms with E-state index in [1.54, 1.807) is 22.5 Å². The molecule has 2 heterocycles. The number of aryl methyl sites for hydroxylation is 1. The fourth-order valence-corrected chi connectivity index (χ4v) is 3.52. The number of rotatable bonds is 5. The maximum Gasteiger partial charge on any atom is 0.231 e. The minimum atomic E-state index is -0.0948. The predicted octanol–water partition coefficient (Wildman–Crippen LogP) is 4.64. The van der Waals surface area contributed by atoms with Gasteiger partial charge in [0.05, 0.1) is 23.0 Å². The van der Waals surface area contributed by atoms with Gasteiger partial charge in [-0.1, -0.05) is 44.2 Å². The van der Waals surface area contributed by atoms with Gasteiger partial charge in [-0.2, -0.15) is 0 Å². The van der Waals surface area contributed by atoms with Crippen molar-refractivity contribution in [3.05, 3.63) is 47.9 Å². The van der Waals surface area contributed by atoms with E-state index in [1.807, 2.05) is 32.0 Å². The molecule has 1 aromatic carbocycles. The van der Waals surface area contributed by atoms with E-state index in [1.165, 1.54) is 5.56 Å². The molecule has 3 aromatic rings. The molecule has 0 spiro atoms. The van der Waals surface area contributed by atoms with Crippen molar-refractivity contribution in [1.82, 2.24) is 4.98 Å². The summed E-state index contributed by atoms with van der Waals surface area (Å²) in [5.74, 6) is 0.718. The Bertz CT molecular complexity index is 806. The fraction of sp³-hybridized carbons (Fsp3) is 0.333. The summed E-state index contributed by atoms with van der Waals surface area (Å²) in [6.45, 7) is 6.34. The molecule has 0 saturated heterocycles. The summed E-state index contributed by atoms with van der Waals surface area (Å²) >= 11 is 1.55. The molecule has 2 aromatic heterocycles. The average molecular weight is 328 g/mol. The molecule has 1 amide bonds. The number of thiazole rings is 1. The van der Waals surface area contributed by atoms with E-state index in [-0.39, 0.29) is 11.8 Å². The summed E-state index contributed by atoms with van der Waals surface area (Å²) in [7, 11) is 0. The third-order valence-electron chi connectivity index (χ3n) is 3.76. The monoisotopic (exact) mass is 328 g/mol. The molecule has 0 fully saturated rings. The first-order valence-corrected chi connectivity index (χ1v) is 8.64. The molecule has 120 valence electrons. The molecule has 0 aliphatic rings. The van der Waals surface area contributed by atoms with Crippen LogP contribution in [0.4, 0.5) is 5.13 Å². The van der Waals surface area contributed by atoms with Crippen LogP contribution in [0.2, 0.25) is 0 Å². The van der Waals surface area contributed by atoms with Crippen molar-refractivity contribution in [2.75, 3.05) is 4.90 Å². The van der Waals surface area contributed by atoms with Gasteiger partial charge in [-0.15, -0.1) is 0 Å². The van der Waals surface area contributed by atoms with E-state index in [0.29, 0.717) is 6.54 Å². The van der Waals surface area contributed by atoms with Gasteiger partial charge in [-0.25, -0.2) is 4.98 Å². The molecule has 0 radical (unpaired) electrons. The molecule has 5 heteroatoms. The zero-order valence-electron chi connectivity index (χ0n) is 13.6. The van der Waals surface area contributed by atoms with E-state index in [0.717, 1.165) is 27.5 Å². The van der Waals surface area contributed by atoms with Crippen molar-refractivity contribution in [3.8, 4) is 0 Å². The minimum absolute atomic E-state index is 0.0542. The van der Waals surface area contributed by atoms with Crippen LogP contribution in [0, 0.1) is 5.92 Å². The number of furan rings is 1. The number of hydrogen-bond donors (Lipinski definition) is 0. The normalized spacial score (nSPS) is 11.3. The van der Waals surface area contributed by atoms with Gasteiger partial charge in [0, 0.05) is 5.92 Å². The number of para-hydroxylation sites is 1. The first-order valence-electron chi connectivity index (χ1n) is 7.82. The number of fused-ring (bicyclic) bond motifs is 1. The highest BCUT2D eigenvalue weighted by Crippen LogP contribution is 2.32. The van der Waals surface area contributed by atoms with Crippen LogP contribution in [0.1, 0.15) is 32.1 Å². The van der Waals surface area contributed by atoms with Gasteiger partial charge in [0.2, 0.25) is 5.91 Å². The van der Waals surface area contributed by atoms with Crippen molar-refractivity contribution in [1.29, 1.82) is 0 Å². The summed E-state index contributed by atoms with van der Waals surface area (Å²) in [5, 5.41) is 0.732. The second-order valence-corrected chi connectivity index (χ2v) is 6.78. The molecule has 0 aliphatic carbocycles. The topological polar surface area (TPSA) is 46.3 Å². The van der Waals surface area contributed by atoms with Gasteiger partial charge >= 0.3 is 0 Å². The van der Waals surface area contributed by atoms with Crippen LogP contribution in [-0.4, -0.2) is 10.9 Å². The first kappa shape index (κ1) is 15.7. The summed E-state index contributed by atoms with van der Waals surface area (Å²) in [6, 6.07) is 9.91. The third-order valence-corrected chi connectivity index (χ3v) is 4.80. The smallest absolute Gasteiger partial charge is 0.231 e. The number of benzene rings is 1. The van der Waals surface area contributed by atoms with Gasteiger partial charge < -0.3 is 4.42 Å². The second kappa shape index (κ2) is 6.54. The van der Waals surface area contributed by atoms with Crippen molar-refractivity contribution in [2.45, 2.75) is 33.7 Å². The molecular weight excluding hydrogens is 308 g/mol. The Morgan fingerprint density at radius 2 is 2.13 bits per heavy atom. The van der Waals surface area contributed by atoms with Gasteiger partial charge in [-0.3, -0.25) is 9.69 Å². The van der Waals surface area contributed by atoms with Gasteiger partial charge in [-0.05, 0) is 30.2 Å². The summed E-state index contributed by atoms with van der Waals surface area (Å²) in [4.78, 5) is 19.1. The zero-order valence-corrected chi connectivity index (χ0v) is 14.4. The van der Waals surface area contributed by atoms with Crippen molar-refractivity contribution < 1.29 is 9.21 Å². The van der Waals surface area contributed by atoms with E-state index >= 15 is 0 Å². The Hall–Kier alpha value is -2.14. The first-order chi connectivity index (χ1) is 11.1. The Balaban J connectivity index is 2.03. The lowest BCUT2D eigenvalue weighted by molar-refractivity contribution is -0.121. The summed E-state index contributed by atoms with van der Waals surface area (Å²) < 4.78 is 6.53. The van der Waals surface area contributed by atoms with E-state index < -0.39 is 0 Å². The largest absolute Gasteiger partial charge is 0.467 e. The Kier molecular flexibility index (Phi) is 4.48. The van der Waals surface area contributed by atoms with E-state index in [4.69, 9.17) is 9.40 Å². The van der Waals surface area contributed by atoms with Crippen LogP contribution < -0.4 is 4.90 Å². The molecule has 0 atom stereocenters. The van der Waals surface area contributed by atoms with Gasteiger partial charge in [0.25, 0.3) is 0 Å². The quantitative estimate of drug-likeness (QED) is 0.685. The molecule has 0 unspecified atom stereocenters. The molecular formula is C18H20N2O2S. The van der Waals surface area contributed by atoms with Gasteiger partial charge in [0.1, 0.15) is 5.76 Å². The van der Waals surface area contributed by atoms with Crippen LogP contribution in [0.15, 0.2) is 41.0 Å². The highest BCUT2D eigenvalue weighted by Gasteiger charge is 2.23. The highest BCUT2D eigenvalue weighted by molar-refractivity contribution is 7.22. The third kappa shape index (κ3) is 3.15. The standard InChI is InChI=1S/C18H20N2O2S/c1-4-13-7-5-9-15-16(13)19-18(23-15)20(17(21)12(2)3)11-14-8-6-10-22-14/h5-10,12H,4,11H2,1-3H3. The number of amides is 1. The number of anilines is 1. The second-order valence-electron chi connectivity index (χ2n) is 5.77. The molecule has 0 N–H and O–H groups in total. The van der Waals surface area contributed by atoms with Crippen LogP contribution >= 0.6 is 11.3 Å². The average Bonchev–Trinajstić information content (AvgIpc) is 3.20. The summed E-state index contributed by atoms with van der Waals surface area (Å²) in [6.07, 6.45) is 2.55. The Morgan fingerprint density at radius 3 is 2.78 bits per heavy atom. The fourth-order valence-electron chi connectivity index (χ4n) is 2.50. The number of carbonyl (C=O) groups is 1. The molecule has 0 saturated carbocycles. The van der Waals surface area contributed by atoms with Gasteiger partial charge in [0.15, 0.2) is 5.13 Å². The van der Waals surface area contributed by atoms with Crippen molar-refractivity contribution >= 4 is 32.6 Å². The van der Waals surface area contributed by atoms with Crippen LogP contribution in [0.25, 0.3) is 10.2 Å². The van der Waals surface area contributed by atoms with Crippen LogP contribution in [-0.2, 0) is 17.8 Å². The molecule has 23 heavy (non-hydrogen) atoms. The highest BCUT2D eigenvalue weighted by atomic mass is 32.1. The zero-order chi connectivity index (χ0) is 16.4. The lowest BCUT2D eigenvalue weighted by atomic mass is 10.1. The van der Waals surface area contributed by atoms with Crippen LogP contribution in [0.3, 0.4) is 0 Å². The lowest BCUT2D eigenvalue weighted by Crippen LogP contribution is -2.33. The van der Waals surface area contributed by atoms with E-state index in [9.17, 15) is 4.79 Å². The van der Waals surface area contributed by atoms with Crippen LogP contribution in [0.5, 0.6) is 0 Å². The molecule has 0 bridgehead atoms. The molecule has 0 aliphatic heterocycles. The van der Waals surface area contributed by atoms with E-state index in [2.05, 4.69) is 19.1 Å². The SMILES string of the molecule is CCc1cccc2sc(N(Cc3ccco3)C(=O)C(C)C)nc12. The number of aromatic nitrogens is 1. The summed E-state index contributed by atoms with van der Waals surface area (Å²) in [5.41, 5.74) is 2.20. The Labute approximate surface area is 139 Å². The maximum atomic E-state index is 12.7. The number of carbonyl (C=O) groups excluding carboxylic acids is 1. The number of hydrogen-bond acceptors (Lipinski definition) is 4. The van der Waals surface area contributed by atoms with Crippen molar-refractivity contribution in [2.24, 2.45) is 5.92 Å².